The molecule has 5 rings (SSSR count). The summed E-state index contributed by atoms with van der Waals surface area (Å²) in [7, 11) is 0. The van der Waals surface area contributed by atoms with Crippen LogP contribution in [0.3, 0.4) is 0 Å². The Labute approximate surface area is 220 Å². The molecule has 3 aromatic rings. The highest BCUT2D eigenvalue weighted by Gasteiger charge is 2.23. The second-order valence-corrected chi connectivity index (χ2v) is 9.73. The van der Waals surface area contributed by atoms with E-state index < -0.39 is 18.0 Å². The number of pyridine rings is 1. The van der Waals surface area contributed by atoms with E-state index in [1.807, 2.05) is 0 Å². The smallest absolute Gasteiger partial charge is 0.319 e. The summed E-state index contributed by atoms with van der Waals surface area (Å²) in [6, 6.07) is 10.9. The second kappa shape index (κ2) is 11.6. The number of hydrogen-bond acceptors (Lipinski definition) is 7. The van der Waals surface area contributed by atoms with Crippen molar-refractivity contribution in [3.05, 3.63) is 54.0 Å². The lowest BCUT2D eigenvalue weighted by Crippen LogP contribution is -2.38. The van der Waals surface area contributed by atoms with Crippen LogP contribution in [0.25, 0.3) is 10.9 Å². The van der Waals surface area contributed by atoms with Gasteiger partial charge in [0.2, 0.25) is 0 Å². The summed E-state index contributed by atoms with van der Waals surface area (Å²) >= 11 is 0. The lowest BCUT2D eigenvalue weighted by molar-refractivity contribution is 0.0617. The number of aliphatic hydroxyl groups excluding tert-OH is 1. The van der Waals surface area contributed by atoms with Crippen LogP contribution >= 0.6 is 0 Å². The van der Waals surface area contributed by atoms with E-state index in [9.17, 15) is 19.6 Å². The van der Waals surface area contributed by atoms with Gasteiger partial charge in [0, 0.05) is 36.3 Å². The fourth-order valence-corrected chi connectivity index (χ4v) is 4.48. The molecule has 0 spiro atoms. The number of nitrogens with one attached hydrogen (secondary N) is 2. The van der Waals surface area contributed by atoms with E-state index in [2.05, 4.69) is 26.6 Å². The number of likely N-dealkylation sites (tertiary alicyclic amines) is 1. The molecule has 2 fully saturated rings. The number of halogens is 1. The molecule has 0 bridgehead atoms. The van der Waals surface area contributed by atoms with Crippen molar-refractivity contribution in [1.82, 2.24) is 15.2 Å². The molecular formula is C28H30FN5O4. The molecule has 38 heavy (non-hydrogen) atoms. The lowest BCUT2D eigenvalue weighted by Gasteiger charge is -2.28. The third-order valence-corrected chi connectivity index (χ3v) is 6.60. The van der Waals surface area contributed by atoms with E-state index in [1.54, 1.807) is 30.5 Å². The highest BCUT2D eigenvalue weighted by Crippen LogP contribution is 2.34. The van der Waals surface area contributed by atoms with Crippen LogP contribution in [-0.2, 0) is 0 Å². The number of carbonyl (C=O) groups is 1. The predicted molar refractivity (Wildman–Crippen MR) is 140 cm³/mol. The number of piperidine rings is 1. The van der Waals surface area contributed by atoms with Crippen LogP contribution in [0.15, 0.2) is 42.6 Å². The Morgan fingerprint density at radius 1 is 1.18 bits per heavy atom. The summed E-state index contributed by atoms with van der Waals surface area (Å²) in [6.07, 6.45) is 6.24. The van der Waals surface area contributed by atoms with Gasteiger partial charge in [-0.05, 0) is 63.0 Å². The van der Waals surface area contributed by atoms with E-state index in [1.165, 1.54) is 18.6 Å². The standard InChI is InChI=1S/C28H30FN5O4/c29-23-13-21(6-7-24(23)33-28(36)32-19-4-5-19)38-26-8-9-31-25-14-27(18(15-30)12-22(25)26)37-17-20(35)16-34-10-2-1-3-11-34/h6-9,12-14,19-20,35H,1-5,10-11,16-17H2,(H2,32,33,36)/t20-/m1/s1. The number of aliphatic hydroxyl groups is 1. The van der Waals surface area contributed by atoms with Gasteiger partial charge in [-0.1, -0.05) is 6.42 Å². The van der Waals surface area contributed by atoms with Crippen molar-refractivity contribution in [1.29, 1.82) is 5.26 Å². The first kappa shape index (κ1) is 25.7. The number of hydrogen-bond donors (Lipinski definition) is 3. The molecule has 2 aliphatic rings. The van der Waals surface area contributed by atoms with Crippen molar-refractivity contribution < 1.29 is 23.8 Å². The zero-order chi connectivity index (χ0) is 26.5. The molecule has 2 amide bonds. The van der Waals surface area contributed by atoms with E-state index in [0.29, 0.717) is 28.9 Å². The topological polar surface area (TPSA) is 120 Å². The first-order valence-corrected chi connectivity index (χ1v) is 12.9. The fraction of sp³-hybridized carbons (Fsp3) is 0.393. The molecule has 198 valence electrons. The number of ether oxygens (including phenoxy) is 2. The maximum atomic E-state index is 14.6. The molecule has 3 N–H and O–H groups in total. The van der Waals surface area contributed by atoms with Gasteiger partial charge in [-0.25, -0.2) is 9.18 Å². The van der Waals surface area contributed by atoms with Gasteiger partial charge in [-0.15, -0.1) is 0 Å². The fourth-order valence-electron chi connectivity index (χ4n) is 4.48. The van der Waals surface area contributed by atoms with E-state index >= 15 is 0 Å². The zero-order valence-electron chi connectivity index (χ0n) is 21.0. The van der Waals surface area contributed by atoms with Gasteiger partial charge in [0.1, 0.15) is 41.8 Å². The Kier molecular flexibility index (Phi) is 7.86. The summed E-state index contributed by atoms with van der Waals surface area (Å²) in [5.41, 5.74) is 0.844. The lowest BCUT2D eigenvalue weighted by atomic mass is 10.1. The highest BCUT2D eigenvalue weighted by molar-refractivity contribution is 5.90. The first-order chi connectivity index (χ1) is 18.5. The number of β-amino-alcohol motifs (C(OH)–C–C–N with tert-alkyl or cyclic N) is 1. The van der Waals surface area contributed by atoms with Crippen molar-refractivity contribution in [2.75, 3.05) is 31.6 Å². The van der Waals surface area contributed by atoms with Gasteiger partial charge in [0.15, 0.2) is 0 Å². The third-order valence-electron chi connectivity index (χ3n) is 6.60. The van der Waals surface area contributed by atoms with Crippen molar-refractivity contribution in [3.63, 3.8) is 0 Å². The molecule has 0 radical (unpaired) electrons. The Hall–Kier alpha value is -3.94. The van der Waals surface area contributed by atoms with Gasteiger partial charge in [0.05, 0.1) is 16.8 Å². The van der Waals surface area contributed by atoms with Crippen LogP contribution in [0, 0.1) is 17.1 Å². The summed E-state index contributed by atoms with van der Waals surface area (Å²) in [5.74, 6) is 0.300. The van der Waals surface area contributed by atoms with Gasteiger partial charge >= 0.3 is 6.03 Å². The van der Waals surface area contributed by atoms with Crippen LogP contribution in [-0.4, -0.2) is 59.4 Å². The van der Waals surface area contributed by atoms with Crippen LogP contribution in [0.1, 0.15) is 37.7 Å². The predicted octanol–water partition coefficient (Wildman–Crippen LogP) is 4.55. The average molecular weight is 520 g/mol. The largest absolute Gasteiger partial charge is 0.489 e. The number of rotatable bonds is 9. The van der Waals surface area contributed by atoms with E-state index in [4.69, 9.17) is 9.47 Å². The molecule has 10 heteroatoms. The summed E-state index contributed by atoms with van der Waals surface area (Å²) < 4.78 is 26.4. The number of benzene rings is 2. The molecule has 2 heterocycles. The molecule has 0 unspecified atom stereocenters. The molecule has 9 nitrogen and oxygen atoms in total. The molecule has 1 aromatic heterocycles. The first-order valence-electron chi connectivity index (χ1n) is 12.9. The number of amides is 2. The SMILES string of the molecule is N#Cc1cc2c(Oc3ccc(NC(=O)NC4CC4)c(F)c3)ccnc2cc1OC[C@H](O)CN1CCCCC1. The monoisotopic (exact) mass is 519 g/mol. The Bertz CT molecular complexity index is 1350. The summed E-state index contributed by atoms with van der Waals surface area (Å²) in [6.45, 7) is 2.54. The highest BCUT2D eigenvalue weighted by atomic mass is 19.1. The molecule has 1 saturated carbocycles. The minimum atomic E-state index is -0.676. The normalized spacial score (nSPS) is 16.4. The second-order valence-electron chi connectivity index (χ2n) is 9.73. The summed E-state index contributed by atoms with van der Waals surface area (Å²) in [5, 5.41) is 26.0. The number of carbonyl (C=O) groups excluding carboxylic acids is 1. The van der Waals surface area contributed by atoms with Crippen molar-refractivity contribution in [3.8, 4) is 23.3 Å². The molecule has 1 aliphatic carbocycles. The minimum Gasteiger partial charge on any atom is -0.489 e. The van der Waals surface area contributed by atoms with Crippen LogP contribution in [0.5, 0.6) is 17.2 Å². The van der Waals surface area contributed by atoms with E-state index in [0.717, 1.165) is 38.8 Å². The number of fused-ring (bicyclic) bond motifs is 1. The van der Waals surface area contributed by atoms with Crippen LogP contribution < -0.4 is 20.1 Å². The van der Waals surface area contributed by atoms with Gasteiger partial charge in [-0.2, -0.15) is 5.26 Å². The zero-order valence-corrected chi connectivity index (χ0v) is 21.0. The van der Waals surface area contributed by atoms with Crippen LogP contribution in [0.4, 0.5) is 14.9 Å². The van der Waals surface area contributed by atoms with Crippen LogP contribution in [0.2, 0.25) is 0 Å². The van der Waals surface area contributed by atoms with Gasteiger partial charge < -0.3 is 30.1 Å². The third kappa shape index (κ3) is 6.49. The quantitative estimate of drug-likeness (QED) is 0.379. The van der Waals surface area contributed by atoms with Crippen molar-refractivity contribution >= 4 is 22.6 Å². The molecule has 2 aromatic carbocycles. The maximum absolute atomic E-state index is 14.6. The molecule has 1 saturated heterocycles. The number of nitrogens with zero attached hydrogens (tertiary/aromatic N) is 3. The molecule has 1 aliphatic heterocycles. The average Bonchev–Trinajstić information content (AvgIpc) is 3.73. The van der Waals surface area contributed by atoms with Crippen molar-refractivity contribution in [2.24, 2.45) is 0 Å². The maximum Gasteiger partial charge on any atom is 0.319 e. The molecule has 1 atom stereocenters. The number of nitriles is 1. The Morgan fingerprint density at radius 3 is 2.74 bits per heavy atom. The Balaban J connectivity index is 1.28. The van der Waals surface area contributed by atoms with E-state index in [-0.39, 0.29) is 29.6 Å². The van der Waals surface area contributed by atoms with Gasteiger partial charge in [-0.3, -0.25) is 4.98 Å². The number of anilines is 1. The van der Waals surface area contributed by atoms with Crippen molar-refractivity contribution in [2.45, 2.75) is 44.2 Å². The number of aromatic nitrogens is 1. The van der Waals surface area contributed by atoms with Gasteiger partial charge in [0.25, 0.3) is 0 Å². The minimum absolute atomic E-state index is 0.0473. The molecular weight excluding hydrogens is 489 g/mol. The number of urea groups is 1. The Morgan fingerprint density at radius 2 is 2.00 bits per heavy atom. The summed E-state index contributed by atoms with van der Waals surface area (Å²) in [4.78, 5) is 18.5.